The third-order valence-corrected chi connectivity index (χ3v) is 5.84. The van der Waals surface area contributed by atoms with Gasteiger partial charge < -0.3 is 5.32 Å². The van der Waals surface area contributed by atoms with E-state index in [-0.39, 0.29) is 16.1 Å². The van der Waals surface area contributed by atoms with Crippen LogP contribution in [0.15, 0.2) is 23.1 Å². The van der Waals surface area contributed by atoms with Crippen molar-refractivity contribution >= 4 is 15.5 Å². The summed E-state index contributed by atoms with van der Waals surface area (Å²) in [5, 5.41) is 3.15. The molecule has 92 valence electrons. The van der Waals surface area contributed by atoms with Gasteiger partial charge in [-0.3, -0.25) is 0 Å². The van der Waals surface area contributed by atoms with Crippen LogP contribution in [0.1, 0.15) is 19.3 Å². The van der Waals surface area contributed by atoms with E-state index in [1.165, 1.54) is 12.1 Å². The van der Waals surface area contributed by atoms with Gasteiger partial charge in [0.2, 0.25) is 0 Å². The maximum absolute atomic E-state index is 13.2. The molecule has 3 nitrogen and oxygen atoms in total. The Labute approximate surface area is 100.0 Å². The molecule has 3 rings (SSSR count). The molecule has 1 aliphatic carbocycles. The van der Waals surface area contributed by atoms with Crippen LogP contribution in [0.3, 0.4) is 0 Å². The molecule has 5 heteroatoms. The molecule has 0 saturated heterocycles. The zero-order chi connectivity index (χ0) is 12.1. The lowest BCUT2D eigenvalue weighted by Crippen LogP contribution is -2.40. The van der Waals surface area contributed by atoms with Gasteiger partial charge in [0.25, 0.3) is 0 Å². The Bertz CT molecular complexity index is 564. The lowest BCUT2D eigenvalue weighted by Gasteiger charge is -2.40. The molecule has 1 fully saturated rings. The van der Waals surface area contributed by atoms with E-state index >= 15 is 0 Å². The van der Waals surface area contributed by atoms with Gasteiger partial charge in [0, 0.05) is 12.0 Å². The van der Waals surface area contributed by atoms with Gasteiger partial charge in [-0.1, -0.05) is 6.42 Å². The number of sulfone groups is 1. The minimum atomic E-state index is -3.37. The first-order valence-electron chi connectivity index (χ1n) is 5.77. The van der Waals surface area contributed by atoms with E-state index in [0.717, 1.165) is 25.3 Å². The van der Waals surface area contributed by atoms with Crippen molar-refractivity contribution in [2.45, 2.75) is 24.2 Å². The van der Waals surface area contributed by atoms with Crippen molar-refractivity contribution in [3.63, 3.8) is 0 Å². The van der Waals surface area contributed by atoms with E-state index < -0.39 is 15.7 Å². The van der Waals surface area contributed by atoms with Gasteiger partial charge in [-0.25, -0.2) is 12.8 Å². The van der Waals surface area contributed by atoms with Crippen LogP contribution in [0.25, 0.3) is 0 Å². The molecule has 1 spiro atoms. The Kier molecular flexibility index (Phi) is 2.23. The maximum Gasteiger partial charge on any atom is 0.181 e. The van der Waals surface area contributed by atoms with Crippen molar-refractivity contribution in [2.24, 2.45) is 5.41 Å². The van der Waals surface area contributed by atoms with Gasteiger partial charge in [-0.15, -0.1) is 0 Å². The first-order valence-corrected chi connectivity index (χ1v) is 7.42. The third kappa shape index (κ3) is 1.73. The fourth-order valence-corrected chi connectivity index (χ4v) is 4.83. The molecule has 0 unspecified atom stereocenters. The van der Waals surface area contributed by atoms with E-state index in [2.05, 4.69) is 5.32 Å². The lowest BCUT2D eigenvalue weighted by atomic mass is 9.70. The van der Waals surface area contributed by atoms with E-state index in [4.69, 9.17) is 0 Å². The van der Waals surface area contributed by atoms with Gasteiger partial charge in [0.1, 0.15) is 5.82 Å². The van der Waals surface area contributed by atoms with E-state index in [1.807, 2.05) is 0 Å². The number of hydrogen-bond donors (Lipinski definition) is 1. The summed E-state index contributed by atoms with van der Waals surface area (Å²) in [5.41, 5.74) is 0.407. The monoisotopic (exact) mass is 255 g/mol. The topological polar surface area (TPSA) is 46.2 Å². The molecule has 17 heavy (non-hydrogen) atoms. The zero-order valence-electron chi connectivity index (χ0n) is 9.37. The number of halogens is 1. The molecule has 1 aromatic rings. The van der Waals surface area contributed by atoms with Crippen LogP contribution in [-0.4, -0.2) is 20.7 Å². The SMILES string of the molecule is O=S1(=O)CC2(CCC2)CNc2ccc(F)cc21. The molecule has 0 aromatic heterocycles. The molecule has 2 aliphatic rings. The summed E-state index contributed by atoms with van der Waals surface area (Å²) in [6, 6.07) is 3.93. The summed E-state index contributed by atoms with van der Waals surface area (Å²) < 4.78 is 37.7. The second-order valence-electron chi connectivity index (χ2n) is 5.11. The molecule has 1 aromatic carbocycles. The molecule has 1 aliphatic heterocycles. The standard InChI is InChI=1S/C12H14FNO2S/c13-9-2-3-10-11(6-9)17(15,16)8-12(7-14-10)4-1-5-12/h2-3,6,14H,1,4-5,7-8H2. The second kappa shape index (κ2) is 3.45. The number of rotatable bonds is 0. The van der Waals surface area contributed by atoms with Crippen LogP contribution >= 0.6 is 0 Å². The minimum absolute atomic E-state index is 0.112. The molecule has 0 amide bonds. The first-order chi connectivity index (χ1) is 8.01. The van der Waals surface area contributed by atoms with Crippen LogP contribution in [0.5, 0.6) is 0 Å². The quantitative estimate of drug-likeness (QED) is 0.773. The Balaban J connectivity index is 2.10. The van der Waals surface area contributed by atoms with Crippen LogP contribution in [0.4, 0.5) is 10.1 Å². The molecule has 0 atom stereocenters. The summed E-state index contributed by atoms with van der Waals surface area (Å²) in [6.45, 7) is 0.671. The van der Waals surface area contributed by atoms with Crippen molar-refractivity contribution in [1.29, 1.82) is 0 Å². The third-order valence-electron chi connectivity index (χ3n) is 3.84. The van der Waals surface area contributed by atoms with Crippen LogP contribution in [0.2, 0.25) is 0 Å². The zero-order valence-corrected chi connectivity index (χ0v) is 10.2. The van der Waals surface area contributed by atoms with Gasteiger partial charge >= 0.3 is 0 Å². The van der Waals surface area contributed by atoms with Crippen molar-refractivity contribution < 1.29 is 12.8 Å². The Hall–Kier alpha value is -1.10. The summed E-state index contributed by atoms with van der Waals surface area (Å²) >= 11 is 0. The smallest absolute Gasteiger partial charge is 0.181 e. The Morgan fingerprint density at radius 1 is 1.29 bits per heavy atom. The van der Waals surface area contributed by atoms with Crippen molar-refractivity contribution in [2.75, 3.05) is 17.6 Å². The number of anilines is 1. The van der Waals surface area contributed by atoms with Gasteiger partial charge in [0.05, 0.1) is 16.3 Å². The highest BCUT2D eigenvalue weighted by Gasteiger charge is 2.43. The fourth-order valence-electron chi connectivity index (χ4n) is 2.71. The largest absolute Gasteiger partial charge is 0.383 e. The minimum Gasteiger partial charge on any atom is -0.383 e. The van der Waals surface area contributed by atoms with Gasteiger partial charge in [-0.2, -0.15) is 0 Å². The number of fused-ring (bicyclic) bond motifs is 1. The van der Waals surface area contributed by atoms with Crippen LogP contribution in [0, 0.1) is 11.2 Å². The van der Waals surface area contributed by atoms with Gasteiger partial charge in [-0.05, 0) is 31.0 Å². The van der Waals surface area contributed by atoms with Crippen LogP contribution in [-0.2, 0) is 9.84 Å². The number of benzene rings is 1. The summed E-state index contributed by atoms with van der Waals surface area (Å²) in [7, 11) is -3.37. The summed E-state index contributed by atoms with van der Waals surface area (Å²) in [5.74, 6) is -0.359. The van der Waals surface area contributed by atoms with Gasteiger partial charge in [0.15, 0.2) is 9.84 Å². The summed E-state index contributed by atoms with van der Waals surface area (Å²) in [6.07, 6.45) is 2.97. The average Bonchev–Trinajstić information content (AvgIpc) is 2.33. The summed E-state index contributed by atoms with van der Waals surface area (Å²) in [4.78, 5) is 0.112. The van der Waals surface area contributed by atoms with E-state index in [1.54, 1.807) is 0 Å². The highest BCUT2D eigenvalue weighted by atomic mass is 32.2. The molecule has 1 N–H and O–H groups in total. The predicted octanol–water partition coefficient (Wildman–Crippen LogP) is 2.20. The van der Waals surface area contributed by atoms with Crippen molar-refractivity contribution in [3.05, 3.63) is 24.0 Å². The highest BCUT2D eigenvalue weighted by molar-refractivity contribution is 7.91. The molecule has 0 bridgehead atoms. The van der Waals surface area contributed by atoms with Crippen molar-refractivity contribution in [3.8, 4) is 0 Å². The lowest BCUT2D eigenvalue weighted by molar-refractivity contribution is 0.184. The highest BCUT2D eigenvalue weighted by Crippen LogP contribution is 2.45. The Morgan fingerprint density at radius 3 is 2.71 bits per heavy atom. The van der Waals surface area contributed by atoms with E-state index in [9.17, 15) is 12.8 Å². The average molecular weight is 255 g/mol. The van der Waals surface area contributed by atoms with Crippen LogP contribution < -0.4 is 5.32 Å². The fraction of sp³-hybridized carbons (Fsp3) is 0.500. The molecular weight excluding hydrogens is 241 g/mol. The van der Waals surface area contributed by atoms with E-state index in [0.29, 0.717) is 12.2 Å². The second-order valence-corrected chi connectivity index (χ2v) is 7.06. The normalized spacial score (nSPS) is 24.3. The number of nitrogens with one attached hydrogen (secondary N) is 1. The van der Waals surface area contributed by atoms with Crippen molar-refractivity contribution in [1.82, 2.24) is 0 Å². The molecule has 1 saturated carbocycles. The number of hydrogen-bond acceptors (Lipinski definition) is 3. The molecular formula is C12H14FNO2S. The molecule has 1 heterocycles. The maximum atomic E-state index is 13.2. The Morgan fingerprint density at radius 2 is 2.06 bits per heavy atom. The predicted molar refractivity (Wildman–Crippen MR) is 63.2 cm³/mol. The first kappa shape index (κ1) is 11.0. The molecule has 0 radical (unpaired) electrons.